The molecule has 0 saturated carbocycles. The predicted molar refractivity (Wildman–Crippen MR) is 79.2 cm³/mol. The lowest BCUT2D eigenvalue weighted by Crippen LogP contribution is -2.10. The Labute approximate surface area is 115 Å². The molecule has 0 saturated heterocycles. The minimum absolute atomic E-state index is 0.158. The van der Waals surface area contributed by atoms with Gasteiger partial charge < -0.3 is 5.32 Å². The minimum Gasteiger partial charge on any atom is -0.377 e. The number of aromatic nitrogens is 2. The Morgan fingerprint density at radius 3 is 2.42 bits per heavy atom. The van der Waals surface area contributed by atoms with Crippen LogP contribution in [0.15, 0.2) is 36.7 Å². The standard InChI is InChI=1S/C16H21N3/c1-4-5-14-6-8-15(9-7-14)19-13(3)16-12(2)17-10-11-18-16/h6-11,13,19H,4-5H2,1-3H3. The number of hydrogen-bond acceptors (Lipinski definition) is 3. The molecule has 0 aliphatic carbocycles. The molecule has 1 heterocycles. The Kier molecular flexibility index (Phi) is 4.50. The summed E-state index contributed by atoms with van der Waals surface area (Å²) in [6.45, 7) is 6.30. The van der Waals surface area contributed by atoms with Crippen molar-refractivity contribution in [3.63, 3.8) is 0 Å². The van der Waals surface area contributed by atoms with E-state index in [1.165, 1.54) is 12.0 Å². The Balaban J connectivity index is 2.06. The molecule has 19 heavy (non-hydrogen) atoms. The maximum Gasteiger partial charge on any atom is 0.0835 e. The van der Waals surface area contributed by atoms with Gasteiger partial charge in [-0.05, 0) is 38.0 Å². The van der Waals surface area contributed by atoms with E-state index in [1.807, 2.05) is 6.92 Å². The van der Waals surface area contributed by atoms with Crippen LogP contribution in [0.3, 0.4) is 0 Å². The Bertz CT molecular complexity index is 520. The van der Waals surface area contributed by atoms with Gasteiger partial charge in [-0.1, -0.05) is 25.5 Å². The first-order valence-corrected chi connectivity index (χ1v) is 6.83. The van der Waals surface area contributed by atoms with Gasteiger partial charge in [0.05, 0.1) is 17.4 Å². The lowest BCUT2D eigenvalue weighted by molar-refractivity contribution is 0.810. The van der Waals surface area contributed by atoms with E-state index in [0.717, 1.165) is 23.5 Å². The van der Waals surface area contributed by atoms with E-state index in [2.05, 4.69) is 53.4 Å². The van der Waals surface area contributed by atoms with E-state index in [9.17, 15) is 0 Å². The van der Waals surface area contributed by atoms with Crippen molar-refractivity contribution in [1.29, 1.82) is 0 Å². The van der Waals surface area contributed by atoms with Crippen molar-refractivity contribution in [3.8, 4) is 0 Å². The van der Waals surface area contributed by atoms with Gasteiger partial charge in [-0.3, -0.25) is 9.97 Å². The van der Waals surface area contributed by atoms with E-state index >= 15 is 0 Å². The van der Waals surface area contributed by atoms with E-state index in [1.54, 1.807) is 12.4 Å². The molecule has 3 nitrogen and oxygen atoms in total. The van der Waals surface area contributed by atoms with Crippen molar-refractivity contribution in [2.45, 2.75) is 39.7 Å². The molecule has 0 aliphatic rings. The summed E-state index contributed by atoms with van der Waals surface area (Å²) in [6.07, 6.45) is 5.79. The van der Waals surface area contributed by atoms with Gasteiger partial charge >= 0.3 is 0 Å². The predicted octanol–water partition coefficient (Wildman–Crippen LogP) is 3.91. The number of rotatable bonds is 5. The van der Waals surface area contributed by atoms with Crippen LogP contribution >= 0.6 is 0 Å². The van der Waals surface area contributed by atoms with Crippen molar-refractivity contribution in [2.75, 3.05) is 5.32 Å². The highest BCUT2D eigenvalue weighted by Gasteiger charge is 2.10. The average Bonchev–Trinajstić information content (AvgIpc) is 2.42. The number of benzene rings is 1. The van der Waals surface area contributed by atoms with Crippen molar-refractivity contribution >= 4 is 5.69 Å². The van der Waals surface area contributed by atoms with Gasteiger partial charge in [-0.25, -0.2) is 0 Å². The second kappa shape index (κ2) is 6.32. The van der Waals surface area contributed by atoms with Crippen LogP contribution in [0.2, 0.25) is 0 Å². The molecule has 1 atom stereocenters. The van der Waals surface area contributed by atoms with Crippen LogP contribution in [0, 0.1) is 6.92 Å². The van der Waals surface area contributed by atoms with E-state index in [-0.39, 0.29) is 6.04 Å². The van der Waals surface area contributed by atoms with Crippen LogP contribution in [0.4, 0.5) is 5.69 Å². The summed E-state index contributed by atoms with van der Waals surface area (Å²) in [6, 6.07) is 8.79. The molecule has 1 aromatic carbocycles. The molecule has 0 bridgehead atoms. The van der Waals surface area contributed by atoms with Gasteiger partial charge in [0.2, 0.25) is 0 Å². The number of anilines is 1. The van der Waals surface area contributed by atoms with Crippen molar-refractivity contribution < 1.29 is 0 Å². The van der Waals surface area contributed by atoms with Crippen LogP contribution in [0.5, 0.6) is 0 Å². The monoisotopic (exact) mass is 255 g/mol. The first-order valence-electron chi connectivity index (χ1n) is 6.83. The van der Waals surface area contributed by atoms with E-state index in [4.69, 9.17) is 0 Å². The molecule has 0 radical (unpaired) electrons. The van der Waals surface area contributed by atoms with Gasteiger partial charge in [0.25, 0.3) is 0 Å². The smallest absolute Gasteiger partial charge is 0.0835 e. The lowest BCUT2D eigenvalue weighted by Gasteiger charge is -2.16. The van der Waals surface area contributed by atoms with E-state index in [0.29, 0.717) is 0 Å². The fourth-order valence-corrected chi connectivity index (χ4v) is 2.22. The maximum absolute atomic E-state index is 4.40. The molecule has 1 aromatic heterocycles. The molecule has 0 fully saturated rings. The summed E-state index contributed by atoms with van der Waals surface area (Å²) < 4.78 is 0. The summed E-state index contributed by atoms with van der Waals surface area (Å²) in [4.78, 5) is 8.67. The molecular weight excluding hydrogens is 234 g/mol. The third kappa shape index (κ3) is 3.53. The fourth-order valence-electron chi connectivity index (χ4n) is 2.22. The minimum atomic E-state index is 0.158. The topological polar surface area (TPSA) is 37.8 Å². The summed E-state index contributed by atoms with van der Waals surface area (Å²) in [7, 11) is 0. The Morgan fingerprint density at radius 1 is 1.11 bits per heavy atom. The summed E-state index contributed by atoms with van der Waals surface area (Å²) in [5.74, 6) is 0. The zero-order valence-electron chi connectivity index (χ0n) is 11.9. The molecule has 2 rings (SSSR count). The van der Waals surface area contributed by atoms with Crippen LogP contribution in [-0.4, -0.2) is 9.97 Å². The third-order valence-electron chi connectivity index (χ3n) is 3.21. The van der Waals surface area contributed by atoms with E-state index < -0.39 is 0 Å². The molecule has 1 N–H and O–H groups in total. The van der Waals surface area contributed by atoms with Crippen molar-refractivity contribution in [1.82, 2.24) is 9.97 Å². The van der Waals surface area contributed by atoms with Crippen LogP contribution < -0.4 is 5.32 Å². The number of hydrogen-bond donors (Lipinski definition) is 1. The summed E-state index contributed by atoms with van der Waals surface area (Å²) in [5, 5.41) is 3.47. The normalized spacial score (nSPS) is 12.2. The van der Waals surface area contributed by atoms with Crippen LogP contribution in [0.1, 0.15) is 43.3 Å². The number of nitrogens with one attached hydrogen (secondary N) is 1. The summed E-state index contributed by atoms with van der Waals surface area (Å²) >= 11 is 0. The Morgan fingerprint density at radius 2 is 1.79 bits per heavy atom. The first kappa shape index (κ1) is 13.5. The van der Waals surface area contributed by atoms with Crippen LogP contribution in [0.25, 0.3) is 0 Å². The maximum atomic E-state index is 4.40. The van der Waals surface area contributed by atoms with Gasteiger partial charge in [0, 0.05) is 18.1 Å². The lowest BCUT2D eigenvalue weighted by atomic mass is 10.1. The molecule has 1 unspecified atom stereocenters. The molecule has 2 aromatic rings. The average molecular weight is 255 g/mol. The highest BCUT2D eigenvalue weighted by atomic mass is 15.0. The quantitative estimate of drug-likeness (QED) is 0.880. The van der Waals surface area contributed by atoms with Gasteiger partial charge in [0.1, 0.15) is 0 Å². The second-order valence-corrected chi connectivity index (χ2v) is 4.84. The largest absolute Gasteiger partial charge is 0.377 e. The van der Waals surface area contributed by atoms with Gasteiger partial charge in [-0.2, -0.15) is 0 Å². The zero-order chi connectivity index (χ0) is 13.7. The molecule has 0 amide bonds. The molecule has 0 aliphatic heterocycles. The van der Waals surface area contributed by atoms with Crippen molar-refractivity contribution in [2.24, 2.45) is 0 Å². The van der Waals surface area contributed by atoms with Crippen LogP contribution in [-0.2, 0) is 6.42 Å². The zero-order valence-corrected chi connectivity index (χ0v) is 11.9. The molecule has 100 valence electrons. The summed E-state index contributed by atoms with van der Waals surface area (Å²) in [5.41, 5.74) is 4.49. The third-order valence-corrected chi connectivity index (χ3v) is 3.21. The fraction of sp³-hybridized carbons (Fsp3) is 0.375. The molecule has 0 spiro atoms. The number of aryl methyl sites for hydroxylation is 2. The highest BCUT2D eigenvalue weighted by molar-refractivity contribution is 5.46. The van der Waals surface area contributed by atoms with Crippen molar-refractivity contribution in [3.05, 3.63) is 53.6 Å². The second-order valence-electron chi connectivity index (χ2n) is 4.84. The number of nitrogens with zero attached hydrogens (tertiary/aromatic N) is 2. The SMILES string of the molecule is CCCc1ccc(NC(C)c2nccnc2C)cc1. The van der Waals surface area contributed by atoms with Gasteiger partial charge in [-0.15, -0.1) is 0 Å². The molecular formula is C16H21N3. The highest BCUT2D eigenvalue weighted by Crippen LogP contribution is 2.19. The Hall–Kier alpha value is -1.90. The molecule has 3 heteroatoms. The van der Waals surface area contributed by atoms with Gasteiger partial charge in [0.15, 0.2) is 0 Å². The first-order chi connectivity index (χ1) is 9.20.